The summed E-state index contributed by atoms with van der Waals surface area (Å²) in [6.07, 6.45) is 3.38. The Kier molecular flexibility index (Phi) is 4.28. The lowest BCUT2D eigenvalue weighted by Crippen LogP contribution is -2.07. The molecule has 1 heterocycles. The van der Waals surface area contributed by atoms with Gasteiger partial charge in [-0.05, 0) is 48.2 Å². The highest BCUT2D eigenvalue weighted by Crippen LogP contribution is 2.21. The molecule has 1 aromatic heterocycles. The Morgan fingerprint density at radius 2 is 1.77 bits per heavy atom. The van der Waals surface area contributed by atoms with Crippen molar-refractivity contribution in [3.8, 4) is 0 Å². The van der Waals surface area contributed by atoms with Gasteiger partial charge in [-0.2, -0.15) is 0 Å². The van der Waals surface area contributed by atoms with Gasteiger partial charge < -0.3 is 5.32 Å². The van der Waals surface area contributed by atoms with Gasteiger partial charge in [0.25, 0.3) is 0 Å². The topological polar surface area (TPSA) is 37.8 Å². The number of aryl methyl sites for hydroxylation is 1. The first-order valence-corrected chi connectivity index (χ1v) is 7.48. The van der Waals surface area contributed by atoms with Gasteiger partial charge in [0.1, 0.15) is 18.0 Å². The second kappa shape index (κ2) is 6.52. The molecule has 0 amide bonds. The summed E-state index contributed by atoms with van der Waals surface area (Å²) in [7, 11) is 0. The van der Waals surface area contributed by atoms with Crippen molar-refractivity contribution in [3.63, 3.8) is 0 Å². The minimum Gasteiger partial charge on any atom is -0.369 e. The summed E-state index contributed by atoms with van der Waals surface area (Å²) in [4.78, 5) is 8.65. The van der Waals surface area contributed by atoms with Crippen LogP contribution in [0.25, 0.3) is 10.9 Å². The summed E-state index contributed by atoms with van der Waals surface area (Å²) in [5.74, 6) is 0.646. The van der Waals surface area contributed by atoms with Crippen molar-refractivity contribution in [2.75, 3.05) is 11.9 Å². The summed E-state index contributed by atoms with van der Waals surface area (Å²) in [5, 5.41) is 4.40. The Labute approximate surface area is 129 Å². The molecule has 112 valence electrons. The van der Waals surface area contributed by atoms with Crippen molar-refractivity contribution >= 4 is 16.7 Å². The first kappa shape index (κ1) is 14.4. The van der Waals surface area contributed by atoms with Crippen LogP contribution < -0.4 is 5.32 Å². The number of hydrogen-bond acceptors (Lipinski definition) is 3. The summed E-state index contributed by atoms with van der Waals surface area (Å²) in [6.45, 7) is 2.88. The minimum atomic E-state index is -0.203. The van der Waals surface area contributed by atoms with Gasteiger partial charge in [0.2, 0.25) is 0 Å². The standard InChI is InChI=1S/C18H18FN3/c1-2-13-5-8-17-16(11-13)18(22-12-21-17)20-10-9-14-3-6-15(19)7-4-14/h3-8,11-12H,2,9-10H2,1H3,(H,20,21,22). The van der Waals surface area contributed by atoms with E-state index in [4.69, 9.17) is 0 Å². The van der Waals surface area contributed by atoms with Gasteiger partial charge in [-0.1, -0.05) is 25.1 Å². The number of hydrogen-bond donors (Lipinski definition) is 1. The van der Waals surface area contributed by atoms with E-state index in [1.807, 2.05) is 18.2 Å². The molecular formula is C18H18FN3. The first-order chi connectivity index (χ1) is 10.8. The van der Waals surface area contributed by atoms with Crippen molar-refractivity contribution in [1.29, 1.82) is 0 Å². The molecule has 0 fully saturated rings. The van der Waals surface area contributed by atoms with Gasteiger partial charge in [0.15, 0.2) is 0 Å². The van der Waals surface area contributed by atoms with E-state index in [-0.39, 0.29) is 5.82 Å². The highest BCUT2D eigenvalue weighted by atomic mass is 19.1. The molecule has 0 aliphatic rings. The van der Waals surface area contributed by atoms with E-state index in [9.17, 15) is 4.39 Å². The van der Waals surface area contributed by atoms with E-state index in [1.165, 1.54) is 17.7 Å². The van der Waals surface area contributed by atoms with Gasteiger partial charge in [0.05, 0.1) is 5.52 Å². The van der Waals surface area contributed by atoms with E-state index in [0.717, 1.165) is 41.7 Å². The second-order valence-electron chi connectivity index (χ2n) is 5.23. The van der Waals surface area contributed by atoms with Crippen LogP contribution in [-0.4, -0.2) is 16.5 Å². The maximum absolute atomic E-state index is 12.9. The maximum atomic E-state index is 12.9. The normalized spacial score (nSPS) is 10.8. The monoisotopic (exact) mass is 295 g/mol. The van der Waals surface area contributed by atoms with Crippen molar-refractivity contribution in [3.05, 3.63) is 65.7 Å². The molecule has 0 saturated carbocycles. The zero-order chi connectivity index (χ0) is 15.4. The molecule has 22 heavy (non-hydrogen) atoms. The third-order valence-corrected chi connectivity index (χ3v) is 3.73. The molecule has 3 aromatic rings. The fraction of sp³-hybridized carbons (Fsp3) is 0.222. The van der Waals surface area contributed by atoms with Gasteiger partial charge in [0, 0.05) is 11.9 Å². The number of halogens is 1. The van der Waals surface area contributed by atoms with E-state index in [1.54, 1.807) is 6.33 Å². The Balaban J connectivity index is 1.74. The molecule has 0 aliphatic carbocycles. The van der Waals surface area contributed by atoms with E-state index < -0.39 is 0 Å². The average molecular weight is 295 g/mol. The van der Waals surface area contributed by atoms with Crippen molar-refractivity contribution in [2.45, 2.75) is 19.8 Å². The van der Waals surface area contributed by atoms with Gasteiger partial charge in [-0.15, -0.1) is 0 Å². The molecule has 0 unspecified atom stereocenters. The molecule has 3 nitrogen and oxygen atoms in total. The van der Waals surface area contributed by atoms with Crippen LogP contribution >= 0.6 is 0 Å². The molecular weight excluding hydrogens is 277 g/mol. The summed E-state index contributed by atoms with van der Waals surface area (Å²) < 4.78 is 12.9. The number of fused-ring (bicyclic) bond motifs is 1. The summed E-state index contributed by atoms with van der Waals surface area (Å²) >= 11 is 0. The minimum absolute atomic E-state index is 0.203. The molecule has 3 rings (SSSR count). The molecule has 0 bridgehead atoms. The highest BCUT2D eigenvalue weighted by Gasteiger charge is 2.04. The van der Waals surface area contributed by atoms with E-state index >= 15 is 0 Å². The Bertz CT molecular complexity index is 769. The van der Waals surface area contributed by atoms with Crippen LogP contribution in [0.1, 0.15) is 18.1 Å². The van der Waals surface area contributed by atoms with Crippen LogP contribution in [0.5, 0.6) is 0 Å². The zero-order valence-electron chi connectivity index (χ0n) is 12.5. The quantitative estimate of drug-likeness (QED) is 0.773. The van der Waals surface area contributed by atoms with Crippen LogP contribution in [0.3, 0.4) is 0 Å². The highest BCUT2D eigenvalue weighted by molar-refractivity contribution is 5.89. The number of benzene rings is 2. The molecule has 0 radical (unpaired) electrons. The lowest BCUT2D eigenvalue weighted by Gasteiger charge is -2.09. The molecule has 1 N–H and O–H groups in total. The lowest BCUT2D eigenvalue weighted by atomic mass is 10.1. The number of anilines is 1. The maximum Gasteiger partial charge on any atom is 0.137 e. The van der Waals surface area contributed by atoms with E-state index in [2.05, 4.69) is 34.3 Å². The molecule has 0 atom stereocenters. The first-order valence-electron chi connectivity index (χ1n) is 7.48. The van der Waals surface area contributed by atoms with Gasteiger partial charge >= 0.3 is 0 Å². The van der Waals surface area contributed by atoms with Crippen LogP contribution in [0.4, 0.5) is 10.2 Å². The Morgan fingerprint density at radius 3 is 2.55 bits per heavy atom. The molecule has 0 aliphatic heterocycles. The predicted molar refractivity (Wildman–Crippen MR) is 87.5 cm³/mol. The summed E-state index contributed by atoms with van der Waals surface area (Å²) in [6, 6.07) is 12.9. The third-order valence-electron chi connectivity index (χ3n) is 3.73. The van der Waals surface area contributed by atoms with Crippen molar-refractivity contribution < 1.29 is 4.39 Å². The number of nitrogens with zero attached hydrogens (tertiary/aromatic N) is 2. The molecule has 2 aromatic carbocycles. The van der Waals surface area contributed by atoms with Crippen LogP contribution in [0.15, 0.2) is 48.8 Å². The lowest BCUT2D eigenvalue weighted by molar-refractivity contribution is 0.627. The SMILES string of the molecule is CCc1ccc2ncnc(NCCc3ccc(F)cc3)c2c1. The van der Waals surface area contributed by atoms with Crippen LogP contribution in [0, 0.1) is 5.82 Å². The van der Waals surface area contributed by atoms with Crippen LogP contribution in [-0.2, 0) is 12.8 Å². The second-order valence-corrected chi connectivity index (χ2v) is 5.23. The molecule has 4 heteroatoms. The number of nitrogens with one attached hydrogen (secondary N) is 1. The smallest absolute Gasteiger partial charge is 0.137 e. The van der Waals surface area contributed by atoms with E-state index in [0.29, 0.717) is 0 Å². The van der Waals surface area contributed by atoms with Crippen molar-refractivity contribution in [2.24, 2.45) is 0 Å². The predicted octanol–water partition coefficient (Wildman–Crippen LogP) is 3.99. The number of rotatable bonds is 5. The van der Waals surface area contributed by atoms with Crippen molar-refractivity contribution in [1.82, 2.24) is 9.97 Å². The van der Waals surface area contributed by atoms with Gasteiger partial charge in [-0.3, -0.25) is 0 Å². The molecule has 0 saturated heterocycles. The largest absolute Gasteiger partial charge is 0.369 e. The summed E-state index contributed by atoms with van der Waals surface area (Å²) in [5.41, 5.74) is 3.31. The van der Waals surface area contributed by atoms with Gasteiger partial charge in [-0.25, -0.2) is 14.4 Å². The third kappa shape index (κ3) is 3.22. The Morgan fingerprint density at radius 1 is 1.00 bits per heavy atom. The molecule has 0 spiro atoms. The number of aromatic nitrogens is 2. The van der Waals surface area contributed by atoms with Crippen LogP contribution in [0.2, 0.25) is 0 Å². The Hall–Kier alpha value is -2.49. The average Bonchev–Trinajstić information content (AvgIpc) is 2.56. The fourth-order valence-electron chi connectivity index (χ4n) is 2.44. The zero-order valence-corrected chi connectivity index (χ0v) is 12.5. The fourth-order valence-corrected chi connectivity index (χ4v) is 2.44.